The number of benzene rings is 2. The molecule has 0 aromatic heterocycles. The summed E-state index contributed by atoms with van der Waals surface area (Å²) in [5, 5.41) is 0. The van der Waals surface area contributed by atoms with Gasteiger partial charge in [0.05, 0.1) is 7.11 Å². The maximum absolute atomic E-state index is 5.19. The molecule has 1 aliphatic rings. The Morgan fingerprint density at radius 2 is 1.88 bits per heavy atom. The van der Waals surface area contributed by atoms with Gasteiger partial charge in [-0.05, 0) is 35.2 Å². The van der Waals surface area contributed by atoms with Gasteiger partial charge in [-0.25, -0.2) is 0 Å². The fraction of sp³-hybridized carbons (Fsp3) is 0.200. The smallest absolute Gasteiger partial charge is 0.118 e. The third-order valence-electron chi connectivity index (χ3n) is 3.12. The molecule has 0 saturated heterocycles. The van der Waals surface area contributed by atoms with Crippen molar-refractivity contribution in [3.63, 3.8) is 0 Å². The molecular formula is C15H14OS. The predicted molar refractivity (Wildman–Crippen MR) is 72.9 cm³/mol. The van der Waals surface area contributed by atoms with Crippen LogP contribution < -0.4 is 4.74 Å². The zero-order valence-corrected chi connectivity index (χ0v) is 10.6. The first kappa shape index (κ1) is 10.7. The van der Waals surface area contributed by atoms with Gasteiger partial charge in [0, 0.05) is 10.6 Å². The van der Waals surface area contributed by atoms with E-state index in [1.807, 2.05) is 23.9 Å². The van der Waals surface area contributed by atoms with Crippen molar-refractivity contribution in [2.75, 3.05) is 12.9 Å². The molecule has 0 aliphatic carbocycles. The molecule has 0 bridgehead atoms. The highest BCUT2D eigenvalue weighted by Gasteiger charge is 2.15. The number of hydrogen-bond donors (Lipinski definition) is 0. The number of fused-ring (bicyclic) bond motifs is 1. The van der Waals surface area contributed by atoms with E-state index in [1.54, 1.807) is 7.11 Å². The van der Waals surface area contributed by atoms with Crippen LogP contribution in [0.15, 0.2) is 47.4 Å². The van der Waals surface area contributed by atoms with Crippen LogP contribution in [0.3, 0.4) is 0 Å². The van der Waals surface area contributed by atoms with E-state index in [-0.39, 0.29) is 0 Å². The van der Waals surface area contributed by atoms with Gasteiger partial charge in [-0.3, -0.25) is 0 Å². The minimum atomic E-state index is 0.911. The summed E-state index contributed by atoms with van der Waals surface area (Å²) in [7, 11) is 1.70. The normalized spacial score (nSPS) is 13.5. The first-order valence-corrected chi connectivity index (χ1v) is 6.76. The Hall–Kier alpha value is -1.41. The summed E-state index contributed by atoms with van der Waals surface area (Å²) >= 11 is 1.97. The molecule has 0 saturated carbocycles. The predicted octanol–water partition coefficient (Wildman–Crippen LogP) is 4.01. The Morgan fingerprint density at radius 3 is 2.65 bits per heavy atom. The summed E-state index contributed by atoms with van der Waals surface area (Å²) in [5.41, 5.74) is 4.12. The molecule has 1 aliphatic heterocycles. The van der Waals surface area contributed by atoms with Crippen molar-refractivity contribution in [3.05, 3.63) is 48.0 Å². The quantitative estimate of drug-likeness (QED) is 0.787. The highest BCUT2D eigenvalue weighted by molar-refractivity contribution is 7.99. The van der Waals surface area contributed by atoms with Gasteiger partial charge in [-0.15, -0.1) is 11.8 Å². The zero-order valence-electron chi connectivity index (χ0n) is 9.77. The van der Waals surface area contributed by atoms with E-state index in [1.165, 1.54) is 33.8 Å². The van der Waals surface area contributed by atoms with Crippen LogP contribution in [0.5, 0.6) is 5.75 Å². The second-order valence-electron chi connectivity index (χ2n) is 4.12. The van der Waals surface area contributed by atoms with Crippen molar-refractivity contribution in [2.24, 2.45) is 0 Å². The number of hydrogen-bond acceptors (Lipinski definition) is 2. The van der Waals surface area contributed by atoms with Crippen molar-refractivity contribution in [2.45, 2.75) is 11.3 Å². The van der Waals surface area contributed by atoms with E-state index in [0.29, 0.717) is 0 Å². The second-order valence-corrected chi connectivity index (χ2v) is 5.23. The van der Waals surface area contributed by atoms with Crippen LogP contribution in [-0.2, 0) is 6.42 Å². The van der Waals surface area contributed by atoms with E-state index in [9.17, 15) is 0 Å². The number of thioether (sulfide) groups is 1. The van der Waals surface area contributed by atoms with Gasteiger partial charge in [0.15, 0.2) is 0 Å². The maximum Gasteiger partial charge on any atom is 0.118 e. The van der Waals surface area contributed by atoms with Crippen LogP contribution in [-0.4, -0.2) is 12.9 Å². The molecular weight excluding hydrogens is 228 g/mol. The summed E-state index contributed by atoms with van der Waals surface area (Å²) < 4.78 is 5.19. The summed E-state index contributed by atoms with van der Waals surface area (Å²) in [5.74, 6) is 2.12. The van der Waals surface area contributed by atoms with Crippen LogP contribution >= 0.6 is 11.8 Å². The molecule has 0 amide bonds. The second kappa shape index (κ2) is 4.46. The lowest BCUT2D eigenvalue weighted by molar-refractivity contribution is 0.415. The molecule has 1 nitrogen and oxygen atoms in total. The van der Waals surface area contributed by atoms with Crippen LogP contribution in [0.25, 0.3) is 11.1 Å². The lowest BCUT2D eigenvalue weighted by Gasteiger charge is -2.08. The van der Waals surface area contributed by atoms with E-state index in [4.69, 9.17) is 4.74 Å². The molecule has 17 heavy (non-hydrogen) atoms. The summed E-state index contributed by atoms with van der Waals surface area (Å²) in [6.07, 6.45) is 1.20. The summed E-state index contributed by atoms with van der Waals surface area (Å²) in [4.78, 5) is 1.46. The molecule has 3 rings (SSSR count). The zero-order chi connectivity index (χ0) is 11.7. The molecule has 0 fully saturated rings. The molecule has 0 N–H and O–H groups in total. The SMILES string of the molecule is COc1ccc(-c2cccc3c2SCC3)cc1. The number of methoxy groups -OCH3 is 1. The van der Waals surface area contributed by atoms with E-state index in [2.05, 4.69) is 30.3 Å². The van der Waals surface area contributed by atoms with Crippen molar-refractivity contribution < 1.29 is 4.74 Å². The van der Waals surface area contributed by atoms with Crippen molar-refractivity contribution >= 4 is 11.8 Å². The van der Waals surface area contributed by atoms with Crippen LogP contribution in [0.1, 0.15) is 5.56 Å². The monoisotopic (exact) mass is 242 g/mol. The molecule has 0 unspecified atom stereocenters. The van der Waals surface area contributed by atoms with Gasteiger partial charge in [0.25, 0.3) is 0 Å². The molecule has 0 radical (unpaired) electrons. The van der Waals surface area contributed by atoms with Crippen molar-refractivity contribution in [3.8, 4) is 16.9 Å². The van der Waals surface area contributed by atoms with Crippen LogP contribution in [0.4, 0.5) is 0 Å². The Balaban J connectivity index is 2.06. The number of aryl methyl sites for hydroxylation is 1. The Bertz CT molecular complexity index is 531. The van der Waals surface area contributed by atoms with Crippen molar-refractivity contribution in [1.29, 1.82) is 0 Å². The van der Waals surface area contributed by atoms with Crippen LogP contribution in [0, 0.1) is 0 Å². The molecule has 2 aromatic rings. The van der Waals surface area contributed by atoms with E-state index in [0.717, 1.165) is 5.75 Å². The third kappa shape index (κ3) is 1.93. The fourth-order valence-electron chi connectivity index (χ4n) is 2.21. The lowest BCUT2D eigenvalue weighted by Crippen LogP contribution is -1.86. The fourth-order valence-corrected chi connectivity index (χ4v) is 3.44. The Labute approximate surface area is 106 Å². The third-order valence-corrected chi connectivity index (χ3v) is 4.29. The summed E-state index contributed by atoms with van der Waals surface area (Å²) in [6.45, 7) is 0. The molecule has 86 valence electrons. The molecule has 0 atom stereocenters. The van der Waals surface area contributed by atoms with E-state index >= 15 is 0 Å². The van der Waals surface area contributed by atoms with Crippen LogP contribution in [0.2, 0.25) is 0 Å². The minimum absolute atomic E-state index is 0.911. The topological polar surface area (TPSA) is 9.23 Å². The first-order chi connectivity index (χ1) is 8.38. The highest BCUT2D eigenvalue weighted by Crippen LogP contribution is 2.39. The molecule has 2 heteroatoms. The standard InChI is InChI=1S/C15H14OS/c1-16-13-7-5-11(6-8-13)14-4-2-3-12-9-10-17-15(12)14/h2-8H,9-10H2,1H3. The Morgan fingerprint density at radius 1 is 1.06 bits per heavy atom. The summed E-state index contributed by atoms with van der Waals surface area (Å²) in [6, 6.07) is 14.9. The van der Waals surface area contributed by atoms with Gasteiger partial charge in [-0.1, -0.05) is 30.3 Å². The molecule has 1 heterocycles. The van der Waals surface area contributed by atoms with Crippen molar-refractivity contribution in [1.82, 2.24) is 0 Å². The van der Waals surface area contributed by atoms with Gasteiger partial charge in [-0.2, -0.15) is 0 Å². The van der Waals surface area contributed by atoms with E-state index < -0.39 is 0 Å². The number of rotatable bonds is 2. The van der Waals surface area contributed by atoms with Gasteiger partial charge < -0.3 is 4.74 Å². The highest BCUT2D eigenvalue weighted by atomic mass is 32.2. The average Bonchev–Trinajstić information content (AvgIpc) is 2.87. The lowest BCUT2D eigenvalue weighted by atomic mass is 10.0. The average molecular weight is 242 g/mol. The first-order valence-electron chi connectivity index (χ1n) is 5.77. The Kier molecular flexibility index (Phi) is 2.81. The van der Waals surface area contributed by atoms with Gasteiger partial charge >= 0.3 is 0 Å². The van der Waals surface area contributed by atoms with Gasteiger partial charge in [0.2, 0.25) is 0 Å². The van der Waals surface area contributed by atoms with Gasteiger partial charge in [0.1, 0.15) is 5.75 Å². The maximum atomic E-state index is 5.19. The minimum Gasteiger partial charge on any atom is -0.497 e. The largest absolute Gasteiger partial charge is 0.497 e. The number of ether oxygens (including phenoxy) is 1. The molecule has 2 aromatic carbocycles. The molecule has 0 spiro atoms.